The molecule has 1 heterocycles. The smallest absolute Gasteiger partial charge is 0.266 e. The van der Waals surface area contributed by atoms with E-state index in [-0.39, 0.29) is 0 Å². The third-order valence-corrected chi connectivity index (χ3v) is 2.27. The van der Waals surface area contributed by atoms with Crippen molar-refractivity contribution in [3.8, 4) is 0 Å². The lowest BCUT2D eigenvalue weighted by atomic mass is 10.1. The van der Waals surface area contributed by atoms with Gasteiger partial charge < -0.3 is 14.1 Å². The van der Waals surface area contributed by atoms with Gasteiger partial charge in [0.15, 0.2) is 5.58 Å². The van der Waals surface area contributed by atoms with E-state index in [9.17, 15) is 0 Å². The number of rotatable bonds is 3. The van der Waals surface area contributed by atoms with Crippen molar-refractivity contribution in [2.45, 2.75) is 6.42 Å². The number of aromatic nitrogens is 1. The summed E-state index contributed by atoms with van der Waals surface area (Å²) in [4.78, 5) is 3.38. The van der Waals surface area contributed by atoms with Crippen molar-refractivity contribution in [2.75, 3.05) is 13.7 Å². The minimum Gasteiger partial charge on any atom is -0.429 e. The summed E-state index contributed by atoms with van der Waals surface area (Å²) in [6.07, 6.45) is 0.889. The topological polar surface area (TPSA) is 38.2 Å². The molecule has 0 saturated carbocycles. The molecule has 2 rings (SSSR count). The van der Waals surface area contributed by atoms with Gasteiger partial charge in [0.1, 0.15) is 0 Å². The Balaban J connectivity index is 2.35. The molecule has 1 N–H and O–H groups in total. The van der Waals surface area contributed by atoms with Crippen molar-refractivity contribution in [3.63, 3.8) is 0 Å². The Morgan fingerprint density at radius 1 is 1.50 bits per heavy atom. The largest absolute Gasteiger partial charge is 0.429 e. The predicted octanol–water partition coefficient (Wildman–Crippen LogP) is 2.68. The zero-order valence-electron chi connectivity index (χ0n) is 7.87. The van der Waals surface area contributed by atoms with Gasteiger partial charge in [-0.2, -0.15) is 0 Å². The van der Waals surface area contributed by atoms with Crippen LogP contribution in [0.4, 0.5) is 0 Å². The van der Waals surface area contributed by atoms with E-state index in [0.717, 1.165) is 24.1 Å². The van der Waals surface area contributed by atoms with E-state index in [1.165, 1.54) is 5.56 Å². The standard InChI is InChI=1S/C10H11NO2S/c1-12-5-4-7-2-3-8-9(6-7)13-10(14)11-8/h2-3,6H,4-5H2,1H3,(H,11,14). The van der Waals surface area contributed by atoms with E-state index in [0.29, 0.717) is 4.84 Å². The van der Waals surface area contributed by atoms with Crippen LogP contribution in [0.2, 0.25) is 0 Å². The van der Waals surface area contributed by atoms with Gasteiger partial charge in [0.2, 0.25) is 0 Å². The highest BCUT2D eigenvalue weighted by atomic mass is 32.1. The fraction of sp³-hybridized carbons (Fsp3) is 0.300. The molecule has 0 fully saturated rings. The van der Waals surface area contributed by atoms with Crippen molar-refractivity contribution in [3.05, 3.63) is 28.6 Å². The molecular formula is C10H11NO2S. The minimum atomic E-state index is 0.420. The zero-order chi connectivity index (χ0) is 9.97. The van der Waals surface area contributed by atoms with Crippen molar-refractivity contribution < 1.29 is 9.15 Å². The number of nitrogens with one attached hydrogen (secondary N) is 1. The van der Waals surface area contributed by atoms with Crippen LogP contribution in [-0.2, 0) is 11.2 Å². The van der Waals surface area contributed by atoms with Crippen molar-refractivity contribution in [2.24, 2.45) is 0 Å². The van der Waals surface area contributed by atoms with E-state index in [1.807, 2.05) is 18.2 Å². The zero-order valence-corrected chi connectivity index (χ0v) is 8.69. The molecule has 4 heteroatoms. The van der Waals surface area contributed by atoms with Crippen LogP contribution in [0.1, 0.15) is 5.56 Å². The monoisotopic (exact) mass is 209 g/mol. The first-order valence-corrected chi connectivity index (χ1v) is 4.81. The fourth-order valence-corrected chi connectivity index (χ4v) is 1.56. The molecule has 74 valence electrons. The third kappa shape index (κ3) is 1.86. The lowest BCUT2D eigenvalue weighted by molar-refractivity contribution is 0.202. The molecule has 1 aromatic carbocycles. The normalized spacial score (nSPS) is 10.9. The molecule has 14 heavy (non-hydrogen) atoms. The third-order valence-electron chi connectivity index (χ3n) is 2.08. The summed E-state index contributed by atoms with van der Waals surface area (Å²) >= 11 is 4.90. The summed E-state index contributed by atoms with van der Waals surface area (Å²) in [7, 11) is 1.69. The number of fused-ring (bicyclic) bond motifs is 1. The second-order valence-corrected chi connectivity index (χ2v) is 3.46. The molecular weight excluding hydrogens is 198 g/mol. The SMILES string of the molecule is COCCc1ccc2[nH]c(=S)oc2c1. The number of H-pyrrole nitrogens is 1. The first kappa shape index (κ1) is 9.43. The van der Waals surface area contributed by atoms with Crippen LogP contribution in [0.25, 0.3) is 11.1 Å². The average molecular weight is 209 g/mol. The second-order valence-electron chi connectivity index (χ2n) is 3.09. The lowest BCUT2D eigenvalue weighted by Gasteiger charge is -1.98. The maximum Gasteiger partial charge on any atom is 0.266 e. The number of benzene rings is 1. The number of hydrogen-bond donors (Lipinski definition) is 1. The van der Waals surface area contributed by atoms with Gasteiger partial charge in [-0.25, -0.2) is 0 Å². The van der Waals surface area contributed by atoms with E-state index in [4.69, 9.17) is 21.4 Å². The molecule has 0 aliphatic heterocycles. The highest BCUT2D eigenvalue weighted by Crippen LogP contribution is 2.15. The molecule has 0 unspecified atom stereocenters. The Morgan fingerprint density at radius 2 is 2.36 bits per heavy atom. The van der Waals surface area contributed by atoms with Crippen LogP contribution in [0.15, 0.2) is 22.6 Å². The molecule has 0 amide bonds. The van der Waals surface area contributed by atoms with Gasteiger partial charge in [-0.15, -0.1) is 0 Å². The summed E-state index contributed by atoms with van der Waals surface area (Å²) in [6, 6.07) is 6.00. The first-order chi connectivity index (χ1) is 6.79. The molecule has 0 radical (unpaired) electrons. The van der Waals surface area contributed by atoms with Crippen LogP contribution in [0, 0.1) is 4.84 Å². The van der Waals surface area contributed by atoms with Gasteiger partial charge in [0.25, 0.3) is 4.84 Å². The van der Waals surface area contributed by atoms with Crippen molar-refractivity contribution in [1.29, 1.82) is 0 Å². The van der Waals surface area contributed by atoms with Gasteiger partial charge in [-0.05, 0) is 36.3 Å². The summed E-state index contributed by atoms with van der Waals surface area (Å²) in [6.45, 7) is 0.719. The molecule has 0 aliphatic rings. The average Bonchev–Trinajstić information content (AvgIpc) is 2.54. The summed E-state index contributed by atoms with van der Waals surface area (Å²) in [5, 5.41) is 0. The highest BCUT2D eigenvalue weighted by molar-refractivity contribution is 7.71. The molecule has 0 saturated heterocycles. The molecule has 1 aromatic heterocycles. The van der Waals surface area contributed by atoms with E-state index < -0.39 is 0 Å². The molecule has 0 bridgehead atoms. The van der Waals surface area contributed by atoms with E-state index >= 15 is 0 Å². The first-order valence-electron chi connectivity index (χ1n) is 4.40. The Bertz CT molecular complexity index is 486. The van der Waals surface area contributed by atoms with E-state index in [2.05, 4.69) is 4.98 Å². The van der Waals surface area contributed by atoms with Crippen LogP contribution in [0.5, 0.6) is 0 Å². The Hall–Kier alpha value is -1.13. The molecule has 0 spiro atoms. The van der Waals surface area contributed by atoms with Crippen LogP contribution >= 0.6 is 12.2 Å². The van der Waals surface area contributed by atoms with Gasteiger partial charge in [-0.3, -0.25) is 0 Å². The lowest BCUT2D eigenvalue weighted by Crippen LogP contribution is -1.93. The molecule has 2 aromatic rings. The summed E-state index contributed by atoms with van der Waals surface area (Å²) in [5.41, 5.74) is 2.94. The Morgan fingerprint density at radius 3 is 3.14 bits per heavy atom. The quantitative estimate of drug-likeness (QED) is 0.790. The highest BCUT2D eigenvalue weighted by Gasteiger charge is 2.00. The summed E-state index contributed by atoms with van der Waals surface area (Å²) < 4.78 is 10.3. The van der Waals surface area contributed by atoms with Gasteiger partial charge in [0.05, 0.1) is 12.1 Å². The summed E-state index contributed by atoms with van der Waals surface area (Å²) in [5.74, 6) is 0. The van der Waals surface area contributed by atoms with E-state index in [1.54, 1.807) is 7.11 Å². The Kier molecular flexibility index (Phi) is 2.65. The van der Waals surface area contributed by atoms with Crippen LogP contribution in [-0.4, -0.2) is 18.7 Å². The molecule has 0 aliphatic carbocycles. The number of aromatic amines is 1. The maximum atomic E-state index is 5.31. The van der Waals surface area contributed by atoms with Crippen molar-refractivity contribution >= 4 is 23.3 Å². The fourth-order valence-electron chi connectivity index (χ4n) is 1.37. The van der Waals surface area contributed by atoms with Gasteiger partial charge >= 0.3 is 0 Å². The Labute approximate surface area is 86.7 Å². The number of ether oxygens (including phenoxy) is 1. The second kappa shape index (κ2) is 3.94. The minimum absolute atomic E-state index is 0.420. The van der Waals surface area contributed by atoms with Crippen molar-refractivity contribution in [1.82, 2.24) is 4.98 Å². The number of oxazole rings is 1. The predicted molar refractivity (Wildman–Crippen MR) is 57.0 cm³/mol. The van der Waals surface area contributed by atoms with Gasteiger partial charge in [-0.1, -0.05) is 6.07 Å². The van der Waals surface area contributed by atoms with Gasteiger partial charge in [0, 0.05) is 7.11 Å². The maximum absolute atomic E-state index is 5.31. The number of methoxy groups -OCH3 is 1. The van der Waals surface area contributed by atoms with Crippen LogP contribution in [0.3, 0.4) is 0 Å². The molecule has 3 nitrogen and oxygen atoms in total. The van der Waals surface area contributed by atoms with Crippen LogP contribution < -0.4 is 0 Å². The molecule has 0 atom stereocenters. The number of hydrogen-bond acceptors (Lipinski definition) is 3.